The minimum Gasteiger partial charge on any atom is -0.472 e. The summed E-state index contributed by atoms with van der Waals surface area (Å²) in [5.41, 5.74) is 1.95. The molecule has 0 aliphatic rings. The highest BCUT2D eigenvalue weighted by atomic mass is 19.1. The van der Waals surface area contributed by atoms with Gasteiger partial charge in [-0.2, -0.15) is 0 Å². The van der Waals surface area contributed by atoms with E-state index >= 15 is 0 Å². The normalized spacial score (nSPS) is 9.39. The van der Waals surface area contributed by atoms with Gasteiger partial charge in [0.25, 0.3) is 0 Å². The highest BCUT2D eigenvalue weighted by molar-refractivity contribution is 5.88. The molecule has 0 saturated carbocycles. The first kappa shape index (κ1) is 11.9. The van der Waals surface area contributed by atoms with Crippen LogP contribution < -0.4 is 0 Å². The van der Waals surface area contributed by atoms with Crippen molar-refractivity contribution < 1.29 is 14.3 Å². The molecule has 2 nitrogen and oxygen atoms in total. The number of carboxylic acids is 1. The summed E-state index contributed by atoms with van der Waals surface area (Å²) in [6.45, 7) is 0. The maximum Gasteiger partial charge on any atom is 0.382 e. The SMILES string of the molecule is O=C(O)C#Cc1cc(F)ccc1-c1ccccc1. The molecule has 0 saturated heterocycles. The molecule has 2 aromatic rings. The van der Waals surface area contributed by atoms with Crippen LogP contribution in [0.25, 0.3) is 11.1 Å². The molecule has 0 spiro atoms. The monoisotopic (exact) mass is 240 g/mol. The Balaban J connectivity index is 2.55. The summed E-state index contributed by atoms with van der Waals surface area (Å²) in [5.74, 6) is 2.78. The van der Waals surface area contributed by atoms with Crippen LogP contribution in [0.1, 0.15) is 5.56 Å². The van der Waals surface area contributed by atoms with Gasteiger partial charge in [0.1, 0.15) is 5.82 Å². The summed E-state index contributed by atoms with van der Waals surface area (Å²) in [7, 11) is 0. The molecule has 0 fully saturated rings. The third-order valence-electron chi connectivity index (χ3n) is 2.37. The van der Waals surface area contributed by atoms with Crippen molar-refractivity contribution in [3.05, 3.63) is 59.9 Å². The molecule has 3 heteroatoms. The van der Waals surface area contributed by atoms with Gasteiger partial charge in [-0.05, 0) is 23.3 Å². The summed E-state index contributed by atoms with van der Waals surface area (Å²) in [5, 5.41) is 8.54. The molecule has 0 heterocycles. The van der Waals surface area contributed by atoms with E-state index in [-0.39, 0.29) is 0 Å². The predicted molar refractivity (Wildman–Crippen MR) is 66.3 cm³/mol. The quantitative estimate of drug-likeness (QED) is 0.778. The molecule has 0 aliphatic heterocycles. The van der Waals surface area contributed by atoms with Gasteiger partial charge in [0.15, 0.2) is 0 Å². The Kier molecular flexibility index (Phi) is 3.40. The fourth-order valence-corrected chi connectivity index (χ4v) is 1.61. The highest BCUT2D eigenvalue weighted by Gasteiger charge is 2.04. The van der Waals surface area contributed by atoms with Gasteiger partial charge in [-0.1, -0.05) is 42.3 Å². The van der Waals surface area contributed by atoms with Crippen molar-refractivity contribution >= 4 is 5.97 Å². The van der Waals surface area contributed by atoms with E-state index in [1.165, 1.54) is 12.1 Å². The zero-order valence-electron chi connectivity index (χ0n) is 9.35. The Hall–Kier alpha value is -2.60. The van der Waals surface area contributed by atoms with Crippen molar-refractivity contribution in [2.24, 2.45) is 0 Å². The second kappa shape index (κ2) is 5.15. The molecule has 0 bridgehead atoms. The predicted octanol–water partition coefficient (Wildman–Crippen LogP) is 2.93. The van der Waals surface area contributed by atoms with E-state index in [0.29, 0.717) is 11.1 Å². The minimum atomic E-state index is -1.24. The average Bonchev–Trinajstić information content (AvgIpc) is 2.37. The van der Waals surface area contributed by atoms with Crippen LogP contribution in [0.2, 0.25) is 0 Å². The fourth-order valence-electron chi connectivity index (χ4n) is 1.61. The fraction of sp³-hybridized carbons (Fsp3) is 0. The lowest BCUT2D eigenvalue weighted by Gasteiger charge is -2.04. The Morgan fingerprint density at radius 3 is 2.50 bits per heavy atom. The number of rotatable bonds is 1. The summed E-state index contributed by atoms with van der Waals surface area (Å²) in [4.78, 5) is 10.4. The number of hydrogen-bond acceptors (Lipinski definition) is 1. The molecule has 0 radical (unpaired) electrons. The maximum atomic E-state index is 13.2. The van der Waals surface area contributed by atoms with Gasteiger partial charge in [0.2, 0.25) is 0 Å². The van der Waals surface area contributed by atoms with Gasteiger partial charge in [0.05, 0.1) is 0 Å². The number of hydrogen-bond donors (Lipinski definition) is 1. The zero-order valence-corrected chi connectivity index (χ0v) is 9.35. The van der Waals surface area contributed by atoms with Crippen LogP contribution in [0.5, 0.6) is 0 Å². The van der Waals surface area contributed by atoms with E-state index in [0.717, 1.165) is 5.56 Å². The summed E-state index contributed by atoms with van der Waals surface area (Å²) in [6.07, 6.45) is 0. The van der Waals surface area contributed by atoms with Crippen molar-refractivity contribution in [3.63, 3.8) is 0 Å². The largest absolute Gasteiger partial charge is 0.472 e. The molecule has 0 aromatic heterocycles. The number of carboxylic acid groups (broad SMARTS) is 1. The van der Waals surface area contributed by atoms with Gasteiger partial charge in [-0.15, -0.1) is 0 Å². The zero-order chi connectivity index (χ0) is 13.0. The van der Waals surface area contributed by atoms with Crippen molar-refractivity contribution in [1.29, 1.82) is 0 Å². The molecule has 1 N–H and O–H groups in total. The third-order valence-corrected chi connectivity index (χ3v) is 2.37. The Morgan fingerprint density at radius 1 is 1.11 bits per heavy atom. The molecule has 0 unspecified atom stereocenters. The summed E-state index contributed by atoms with van der Waals surface area (Å²) >= 11 is 0. The lowest BCUT2D eigenvalue weighted by molar-refractivity contribution is -0.130. The smallest absolute Gasteiger partial charge is 0.382 e. The molecule has 0 atom stereocenters. The molecular formula is C15H9FO2. The number of benzene rings is 2. The van der Waals surface area contributed by atoms with Gasteiger partial charge in [0, 0.05) is 11.5 Å². The molecule has 0 aliphatic carbocycles. The molecular weight excluding hydrogens is 231 g/mol. The van der Waals surface area contributed by atoms with Crippen molar-refractivity contribution in [2.45, 2.75) is 0 Å². The van der Waals surface area contributed by atoms with Crippen LogP contribution >= 0.6 is 0 Å². The van der Waals surface area contributed by atoms with Gasteiger partial charge in [-0.25, -0.2) is 9.18 Å². The third kappa shape index (κ3) is 2.74. The first-order chi connectivity index (χ1) is 8.66. The summed E-state index contributed by atoms with van der Waals surface area (Å²) in [6, 6.07) is 13.5. The minimum absolute atomic E-state index is 0.364. The van der Waals surface area contributed by atoms with Crippen LogP contribution in [-0.2, 0) is 4.79 Å². The van der Waals surface area contributed by atoms with Gasteiger partial charge in [-0.3, -0.25) is 0 Å². The second-order valence-corrected chi connectivity index (χ2v) is 3.61. The van der Waals surface area contributed by atoms with E-state index in [1.54, 1.807) is 6.07 Å². The molecule has 18 heavy (non-hydrogen) atoms. The van der Waals surface area contributed by atoms with Crippen molar-refractivity contribution in [1.82, 2.24) is 0 Å². The Morgan fingerprint density at radius 2 is 1.83 bits per heavy atom. The van der Waals surface area contributed by atoms with E-state index in [4.69, 9.17) is 5.11 Å². The van der Waals surface area contributed by atoms with E-state index in [2.05, 4.69) is 5.92 Å². The first-order valence-electron chi connectivity index (χ1n) is 5.27. The van der Waals surface area contributed by atoms with E-state index < -0.39 is 11.8 Å². The van der Waals surface area contributed by atoms with E-state index in [9.17, 15) is 9.18 Å². The Labute approximate surface area is 104 Å². The van der Waals surface area contributed by atoms with Crippen molar-refractivity contribution in [3.8, 4) is 23.0 Å². The number of aliphatic carboxylic acids is 1. The standard InChI is InChI=1S/C15H9FO2/c16-13-7-8-14(11-4-2-1-3-5-11)12(10-13)6-9-15(17)18/h1-5,7-8,10H,(H,17,18). The highest BCUT2D eigenvalue weighted by Crippen LogP contribution is 2.23. The van der Waals surface area contributed by atoms with Crippen LogP contribution in [0.15, 0.2) is 48.5 Å². The first-order valence-corrected chi connectivity index (χ1v) is 5.27. The number of carbonyl (C=O) groups is 1. The van der Waals surface area contributed by atoms with Crippen LogP contribution in [0, 0.1) is 17.7 Å². The average molecular weight is 240 g/mol. The van der Waals surface area contributed by atoms with E-state index in [1.807, 2.05) is 36.3 Å². The molecule has 2 aromatic carbocycles. The molecule has 88 valence electrons. The lowest BCUT2D eigenvalue weighted by Crippen LogP contribution is -1.90. The van der Waals surface area contributed by atoms with Crippen LogP contribution in [0.3, 0.4) is 0 Å². The summed E-state index contributed by atoms with van der Waals surface area (Å²) < 4.78 is 13.2. The number of halogens is 1. The Bertz CT molecular complexity index is 637. The van der Waals surface area contributed by atoms with Crippen molar-refractivity contribution in [2.75, 3.05) is 0 Å². The topological polar surface area (TPSA) is 37.3 Å². The maximum absolute atomic E-state index is 13.2. The van der Waals surface area contributed by atoms with Crippen LogP contribution in [-0.4, -0.2) is 11.1 Å². The molecule has 2 rings (SSSR count). The van der Waals surface area contributed by atoms with Gasteiger partial charge >= 0.3 is 5.97 Å². The molecule has 0 amide bonds. The van der Waals surface area contributed by atoms with Gasteiger partial charge < -0.3 is 5.11 Å². The lowest BCUT2D eigenvalue weighted by atomic mass is 10.00. The van der Waals surface area contributed by atoms with Crippen LogP contribution in [0.4, 0.5) is 4.39 Å². The second-order valence-electron chi connectivity index (χ2n) is 3.61.